The average Bonchev–Trinajstić information content (AvgIpc) is 3.12. The maximum atomic E-state index is 16.8. The highest BCUT2D eigenvalue weighted by molar-refractivity contribution is 6.36. The molecule has 0 spiro atoms. The number of ketones is 6. The van der Waals surface area contributed by atoms with Gasteiger partial charge >= 0.3 is 0 Å². The predicted octanol–water partition coefficient (Wildman–Crippen LogP) is 14.4. The highest BCUT2D eigenvalue weighted by atomic mass is 16.2. The van der Waals surface area contributed by atoms with E-state index in [0.717, 1.165) is 0 Å². The lowest BCUT2D eigenvalue weighted by Gasteiger charge is -2.36. The number of rotatable bonds is 0. The maximum absolute atomic E-state index is 16.8. The molecule has 0 radical (unpaired) electrons. The van der Waals surface area contributed by atoms with Crippen molar-refractivity contribution in [2.24, 2.45) is 43.3 Å². The zero-order chi connectivity index (χ0) is 52.4. The molecule has 0 heterocycles. The minimum atomic E-state index is -0.650. The van der Waals surface area contributed by atoms with Crippen LogP contribution in [0.3, 0.4) is 0 Å². The normalized spacial score (nSPS) is 20.4. The molecule has 0 N–H and O–H groups in total. The first-order chi connectivity index (χ1) is 30.3. The van der Waals surface area contributed by atoms with Crippen LogP contribution in [0.25, 0.3) is 0 Å². The van der Waals surface area contributed by atoms with Crippen molar-refractivity contribution in [3.05, 3.63) is 138 Å². The van der Waals surface area contributed by atoms with Gasteiger partial charge in [0.15, 0.2) is 34.7 Å². The molecule has 5 aliphatic carbocycles. The number of allylic oxidation sites excluding steroid dienone is 24. The molecule has 0 aromatic heterocycles. The second-order valence-corrected chi connectivity index (χ2v) is 27.8. The quantitative estimate of drug-likeness (QED) is 0.224. The second-order valence-electron chi connectivity index (χ2n) is 27.8. The van der Waals surface area contributed by atoms with Gasteiger partial charge in [0, 0.05) is 66.9 Å². The zero-order valence-corrected chi connectivity index (χ0v) is 46.1. The molecule has 6 nitrogen and oxygen atoms in total. The molecule has 1 fully saturated rings. The minimum absolute atomic E-state index is 0.108. The van der Waals surface area contributed by atoms with Gasteiger partial charge in [-0.1, -0.05) is 166 Å². The van der Waals surface area contributed by atoms with Crippen LogP contribution < -0.4 is 0 Å². The van der Waals surface area contributed by atoms with E-state index in [9.17, 15) is 19.2 Å². The molecular weight excluding hydrogens is 841 g/mol. The first-order valence-corrected chi connectivity index (χ1v) is 24.3. The van der Waals surface area contributed by atoms with Gasteiger partial charge in [0.25, 0.3) is 0 Å². The monoisotopic (exact) mass is 921 g/mol. The van der Waals surface area contributed by atoms with E-state index >= 15 is 9.59 Å². The number of hydrogen-bond acceptors (Lipinski definition) is 6. The van der Waals surface area contributed by atoms with Crippen LogP contribution in [0.4, 0.5) is 0 Å². The van der Waals surface area contributed by atoms with Gasteiger partial charge in [-0.15, -0.1) is 0 Å². The van der Waals surface area contributed by atoms with Crippen molar-refractivity contribution >= 4 is 34.7 Å². The van der Waals surface area contributed by atoms with Gasteiger partial charge < -0.3 is 0 Å². The summed E-state index contributed by atoms with van der Waals surface area (Å²) in [7, 11) is 0. The molecule has 1 saturated carbocycles. The van der Waals surface area contributed by atoms with E-state index in [0.29, 0.717) is 66.9 Å². The summed E-state index contributed by atoms with van der Waals surface area (Å²) in [6, 6.07) is 0. The van der Waals surface area contributed by atoms with E-state index in [-0.39, 0.29) is 45.4 Å². The summed E-state index contributed by atoms with van der Waals surface area (Å²) in [6.45, 7) is 47.3. The Morgan fingerprint density at radius 2 is 0.294 bits per heavy atom. The number of carbonyl (C=O) groups excluding carboxylic acids is 6. The topological polar surface area (TPSA) is 102 Å². The summed E-state index contributed by atoms with van der Waals surface area (Å²) in [4.78, 5) is 91.7. The summed E-state index contributed by atoms with van der Waals surface area (Å²) in [5.74, 6) is -1.43. The van der Waals surface area contributed by atoms with Gasteiger partial charge in [-0.3, -0.25) is 28.8 Å². The van der Waals surface area contributed by atoms with Gasteiger partial charge in [0.2, 0.25) is 0 Å². The third kappa shape index (κ3) is 10.1. The first-order valence-electron chi connectivity index (χ1n) is 24.3. The van der Waals surface area contributed by atoms with Crippen LogP contribution in [-0.4, -0.2) is 34.7 Å². The summed E-state index contributed by atoms with van der Waals surface area (Å²) >= 11 is 0. The van der Waals surface area contributed by atoms with Gasteiger partial charge in [-0.25, -0.2) is 0 Å². The molecule has 0 aromatic carbocycles. The van der Waals surface area contributed by atoms with Gasteiger partial charge in [0.1, 0.15) is 0 Å². The fourth-order valence-electron chi connectivity index (χ4n) is 9.36. The fraction of sp³-hybridized carbons (Fsp3) is 0.516. The van der Waals surface area contributed by atoms with Gasteiger partial charge in [-0.05, 0) is 114 Å². The average molecular weight is 921 g/mol. The molecule has 0 amide bonds. The third-order valence-corrected chi connectivity index (χ3v) is 13.4. The molecule has 0 atom stereocenters. The number of carbonyl (C=O) groups is 6. The van der Waals surface area contributed by atoms with Crippen LogP contribution in [-0.2, 0) is 28.8 Å². The van der Waals surface area contributed by atoms with Gasteiger partial charge in [-0.2, -0.15) is 0 Å². The first kappa shape index (κ1) is 53.8. The smallest absolute Gasteiger partial charge is 0.195 e. The molecule has 5 rings (SSSR count). The van der Waals surface area contributed by atoms with Crippen LogP contribution >= 0.6 is 0 Å². The predicted molar refractivity (Wildman–Crippen MR) is 278 cm³/mol. The summed E-state index contributed by atoms with van der Waals surface area (Å²) < 4.78 is 0. The highest BCUT2D eigenvalue weighted by Crippen LogP contribution is 2.50. The Bertz CT molecular complexity index is 2240. The van der Waals surface area contributed by atoms with E-state index in [1.807, 2.05) is 166 Å². The minimum Gasteiger partial charge on any atom is -0.289 e. The Morgan fingerprint density at radius 1 is 0.191 bits per heavy atom. The van der Waals surface area contributed by atoms with E-state index < -0.39 is 54.9 Å². The molecule has 6 heteroatoms. The Hall–Kier alpha value is -5.10. The van der Waals surface area contributed by atoms with Crippen LogP contribution in [0.5, 0.6) is 0 Å². The Balaban J connectivity index is 2.28. The standard InChI is InChI=1S/C62H80O6/c1-55(2,3)37-25-33(26-38(49(37)63)56(4,5)6)45-46(34-27-39(57(7,8)9)50(64)40(28-34)58(10,11)12)54(68)48(36-31-43(61(19,20)21)52(66)44(32-36)62(22,23)24)47(53(45)67)35-29-41(59(13,14)15)51(65)42(30-35)60(16,17)18/h25-32H,1-24H3. The lowest BCUT2D eigenvalue weighted by Crippen LogP contribution is -2.34. The van der Waals surface area contributed by atoms with Crippen molar-refractivity contribution in [2.45, 2.75) is 166 Å². The van der Waals surface area contributed by atoms with Crippen molar-refractivity contribution in [3.8, 4) is 0 Å². The van der Waals surface area contributed by atoms with Crippen molar-refractivity contribution in [3.63, 3.8) is 0 Å². The fourth-order valence-corrected chi connectivity index (χ4v) is 9.36. The molecule has 0 bridgehead atoms. The molecule has 0 unspecified atom stereocenters. The summed E-state index contributed by atoms with van der Waals surface area (Å²) in [6.07, 6.45) is 14.2. The van der Waals surface area contributed by atoms with Crippen molar-refractivity contribution < 1.29 is 28.8 Å². The molecule has 5 aliphatic rings. The second kappa shape index (κ2) is 16.8. The SMILES string of the molecule is CC(C)(C)C1=CC(=C2C(=O)C(=C3C=C(C(C)(C)C)C(=O)C(C(C)(C)C)=C3)C(=C3C=C(C(C)(C)C)C(=O)C(C(C)(C)C)=C3)C(=O)C2=C2C=C(C(C)(C)C)C(=O)C(C(C)(C)C)=C2)C=C(C(C)(C)C)C1=O. The zero-order valence-electron chi connectivity index (χ0n) is 46.1. The Kier molecular flexibility index (Phi) is 13.3. The van der Waals surface area contributed by atoms with Crippen LogP contribution in [0, 0.1) is 43.3 Å². The van der Waals surface area contributed by atoms with Crippen LogP contribution in [0.2, 0.25) is 0 Å². The lowest BCUT2D eigenvalue weighted by molar-refractivity contribution is -0.117. The third-order valence-electron chi connectivity index (χ3n) is 13.4. The van der Waals surface area contributed by atoms with E-state index in [1.54, 1.807) is 48.6 Å². The molecule has 68 heavy (non-hydrogen) atoms. The molecular formula is C62H80O6. The van der Waals surface area contributed by atoms with Crippen LogP contribution in [0.15, 0.2) is 138 Å². The molecule has 0 saturated heterocycles. The lowest BCUT2D eigenvalue weighted by atomic mass is 9.65. The van der Waals surface area contributed by atoms with E-state index in [4.69, 9.17) is 0 Å². The van der Waals surface area contributed by atoms with Gasteiger partial charge in [0.05, 0.1) is 0 Å². The Morgan fingerprint density at radius 3 is 0.382 bits per heavy atom. The maximum Gasteiger partial charge on any atom is 0.195 e. The Labute approximate surface area is 409 Å². The van der Waals surface area contributed by atoms with Crippen molar-refractivity contribution in [1.82, 2.24) is 0 Å². The van der Waals surface area contributed by atoms with E-state index in [1.165, 1.54) is 0 Å². The van der Waals surface area contributed by atoms with E-state index in [2.05, 4.69) is 0 Å². The molecule has 364 valence electrons. The van der Waals surface area contributed by atoms with Crippen molar-refractivity contribution in [1.29, 1.82) is 0 Å². The largest absolute Gasteiger partial charge is 0.289 e. The molecule has 0 aromatic rings. The summed E-state index contributed by atoms with van der Waals surface area (Å²) in [5.41, 5.74) is 0.892. The molecule has 0 aliphatic heterocycles. The highest BCUT2D eigenvalue weighted by Gasteiger charge is 2.47. The van der Waals surface area contributed by atoms with Crippen molar-refractivity contribution in [2.75, 3.05) is 0 Å². The van der Waals surface area contributed by atoms with Crippen LogP contribution in [0.1, 0.15) is 166 Å². The number of Topliss-reactive ketones (excluding diaryl/α,β-unsaturated/α-hetero) is 6. The number of hydrogen-bond donors (Lipinski definition) is 0. The summed E-state index contributed by atoms with van der Waals surface area (Å²) in [5, 5.41) is 0.